The Kier molecular flexibility index (Phi) is 5.57. The van der Waals surface area contributed by atoms with Crippen LogP contribution in [0.5, 0.6) is 0 Å². The van der Waals surface area contributed by atoms with Crippen molar-refractivity contribution in [2.45, 2.75) is 32.8 Å². The van der Waals surface area contributed by atoms with Crippen molar-refractivity contribution in [2.24, 2.45) is 0 Å². The first-order valence-electron chi connectivity index (χ1n) is 7.30. The van der Waals surface area contributed by atoms with Crippen LogP contribution < -0.4 is 5.32 Å². The van der Waals surface area contributed by atoms with Crippen molar-refractivity contribution in [2.75, 3.05) is 6.54 Å². The highest BCUT2D eigenvalue weighted by atomic mass is 35.5. The highest BCUT2D eigenvalue weighted by Crippen LogP contribution is 2.20. The molecule has 1 heterocycles. The van der Waals surface area contributed by atoms with E-state index in [1.54, 1.807) is 16.9 Å². The Labute approximate surface area is 134 Å². The summed E-state index contributed by atoms with van der Waals surface area (Å²) in [6.45, 7) is 4.03. The van der Waals surface area contributed by atoms with Gasteiger partial charge in [0, 0.05) is 18.3 Å². The molecule has 0 bridgehead atoms. The van der Waals surface area contributed by atoms with Crippen LogP contribution in [0.25, 0.3) is 5.69 Å². The Morgan fingerprint density at radius 2 is 2.18 bits per heavy atom. The molecule has 0 aliphatic carbocycles. The summed E-state index contributed by atoms with van der Waals surface area (Å²) in [5, 5.41) is 17.3. The number of hydrogen-bond acceptors (Lipinski definition) is 3. The summed E-state index contributed by atoms with van der Waals surface area (Å²) in [6, 6.07) is 7.31. The second kappa shape index (κ2) is 7.42. The molecule has 0 aliphatic rings. The van der Waals surface area contributed by atoms with Crippen LogP contribution in [0.1, 0.15) is 35.8 Å². The number of carbonyl (C=O) groups excluding carboxylic acids is 1. The monoisotopic (exact) mass is 321 g/mol. The summed E-state index contributed by atoms with van der Waals surface area (Å²) in [4.78, 5) is 12.2. The van der Waals surface area contributed by atoms with Gasteiger partial charge in [0.2, 0.25) is 0 Å². The van der Waals surface area contributed by atoms with E-state index in [9.17, 15) is 9.90 Å². The lowest BCUT2D eigenvalue weighted by atomic mass is 10.2. The van der Waals surface area contributed by atoms with Crippen LogP contribution in [0.3, 0.4) is 0 Å². The third-order valence-electron chi connectivity index (χ3n) is 3.33. The average molecular weight is 322 g/mol. The summed E-state index contributed by atoms with van der Waals surface area (Å²) in [6.07, 6.45) is 2.77. The van der Waals surface area contributed by atoms with Crippen LogP contribution in [0.4, 0.5) is 0 Å². The average Bonchev–Trinajstić information content (AvgIpc) is 2.87. The highest BCUT2D eigenvalue weighted by molar-refractivity contribution is 6.32. The Balaban J connectivity index is 2.13. The number of rotatable bonds is 6. The lowest BCUT2D eigenvalue weighted by molar-refractivity contribution is 0.0904. The second-order valence-corrected chi connectivity index (χ2v) is 5.62. The van der Waals surface area contributed by atoms with Crippen LogP contribution in [-0.2, 0) is 0 Å². The second-order valence-electron chi connectivity index (χ2n) is 5.21. The third kappa shape index (κ3) is 3.87. The number of benzene rings is 1. The molecule has 2 N–H and O–H groups in total. The Bertz CT molecular complexity index is 655. The van der Waals surface area contributed by atoms with Crippen LogP contribution in [-0.4, -0.2) is 33.4 Å². The first-order valence-corrected chi connectivity index (χ1v) is 7.68. The minimum Gasteiger partial charge on any atom is -0.391 e. The number of carbonyl (C=O) groups is 1. The van der Waals surface area contributed by atoms with Crippen LogP contribution in [0.2, 0.25) is 5.02 Å². The number of hydrogen-bond donors (Lipinski definition) is 2. The van der Waals surface area contributed by atoms with Crippen LogP contribution >= 0.6 is 11.6 Å². The number of aryl methyl sites for hydroxylation is 1. The van der Waals surface area contributed by atoms with E-state index in [1.807, 2.05) is 32.0 Å². The largest absolute Gasteiger partial charge is 0.391 e. The fourth-order valence-electron chi connectivity index (χ4n) is 2.17. The van der Waals surface area contributed by atoms with Crippen molar-refractivity contribution in [3.63, 3.8) is 0 Å². The molecule has 0 spiro atoms. The van der Waals surface area contributed by atoms with Crippen molar-refractivity contribution in [1.29, 1.82) is 0 Å². The quantitative estimate of drug-likeness (QED) is 0.859. The summed E-state index contributed by atoms with van der Waals surface area (Å²) in [5.41, 5.74) is 1.81. The molecule has 6 heteroatoms. The maximum Gasteiger partial charge on any atom is 0.272 e. The standard InChI is InChI=1S/C16H20ClN3O2/c1-3-6-12(21)9-18-16(22)15-11(2)10-20(19-15)14-8-5-4-7-13(14)17/h4-5,7-8,10,12,21H,3,6,9H2,1-2H3,(H,18,22). The number of nitrogens with zero attached hydrogens (tertiary/aromatic N) is 2. The molecule has 1 aromatic heterocycles. The number of nitrogens with one attached hydrogen (secondary N) is 1. The summed E-state index contributed by atoms with van der Waals surface area (Å²) < 4.78 is 1.59. The van der Waals surface area contributed by atoms with Crippen LogP contribution in [0, 0.1) is 6.92 Å². The van der Waals surface area contributed by atoms with E-state index in [4.69, 9.17) is 11.6 Å². The van der Waals surface area contributed by atoms with Gasteiger partial charge in [0.1, 0.15) is 0 Å². The first-order chi connectivity index (χ1) is 10.5. The predicted molar refractivity (Wildman–Crippen MR) is 86.6 cm³/mol. The minimum absolute atomic E-state index is 0.227. The molecule has 0 fully saturated rings. The lowest BCUT2D eigenvalue weighted by Gasteiger charge is -2.09. The molecule has 5 nitrogen and oxygen atoms in total. The van der Waals surface area contributed by atoms with E-state index in [2.05, 4.69) is 10.4 Å². The maximum atomic E-state index is 12.2. The van der Waals surface area contributed by atoms with Gasteiger partial charge in [-0.1, -0.05) is 37.1 Å². The molecule has 0 saturated heterocycles. The molecule has 1 aromatic carbocycles. The summed E-state index contributed by atoms with van der Waals surface area (Å²) in [7, 11) is 0. The maximum absolute atomic E-state index is 12.2. The third-order valence-corrected chi connectivity index (χ3v) is 3.65. The molecule has 0 saturated carbocycles. The molecule has 1 atom stereocenters. The van der Waals surface area contributed by atoms with Gasteiger partial charge in [-0.25, -0.2) is 4.68 Å². The fraction of sp³-hybridized carbons (Fsp3) is 0.375. The van der Waals surface area contributed by atoms with Crippen molar-refractivity contribution < 1.29 is 9.90 Å². The van der Waals surface area contributed by atoms with Gasteiger partial charge in [0.15, 0.2) is 5.69 Å². The van der Waals surface area contributed by atoms with Gasteiger partial charge in [0.05, 0.1) is 16.8 Å². The molecule has 0 radical (unpaired) electrons. The number of aliphatic hydroxyl groups excluding tert-OH is 1. The van der Waals surface area contributed by atoms with E-state index in [1.165, 1.54) is 0 Å². The molecule has 1 unspecified atom stereocenters. The number of para-hydroxylation sites is 1. The molecular formula is C16H20ClN3O2. The zero-order valence-electron chi connectivity index (χ0n) is 12.7. The van der Waals surface area contributed by atoms with E-state index < -0.39 is 6.10 Å². The smallest absolute Gasteiger partial charge is 0.272 e. The SMILES string of the molecule is CCCC(O)CNC(=O)c1nn(-c2ccccc2Cl)cc1C. The van der Waals surface area contributed by atoms with Crippen molar-refractivity contribution in [1.82, 2.24) is 15.1 Å². The van der Waals surface area contributed by atoms with Gasteiger partial charge in [-0.2, -0.15) is 5.10 Å². The Morgan fingerprint density at radius 3 is 2.86 bits per heavy atom. The molecule has 1 amide bonds. The number of halogens is 1. The Morgan fingerprint density at radius 1 is 1.45 bits per heavy atom. The van der Waals surface area contributed by atoms with Crippen molar-refractivity contribution in [3.05, 3.63) is 46.7 Å². The minimum atomic E-state index is -0.528. The number of aliphatic hydroxyl groups is 1. The highest BCUT2D eigenvalue weighted by Gasteiger charge is 2.16. The normalized spacial score (nSPS) is 12.2. The van der Waals surface area contributed by atoms with Gasteiger partial charge in [-0.05, 0) is 25.5 Å². The molecule has 22 heavy (non-hydrogen) atoms. The molecule has 2 aromatic rings. The molecular weight excluding hydrogens is 302 g/mol. The first kappa shape index (κ1) is 16.5. The van der Waals surface area contributed by atoms with E-state index in [0.29, 0.717) is 17.1 Å². The van der Waals surface area contributed by atoms with Gasteiger partial charge < -0.3 is 10.4 Å². The lowest BCUT2D eigenvalue weighted by Crippen LogP contribution is -2.32. The summed E-state index contributed by atoms with van der Waals surface area (Å²) >= 11 is 6.14. The van der Waals surface area contributed by atoms with Gasteiger partial charge in [-0.15, -0.1) is 0 Å². The number of amides is 1. The molecule has 118 valence electrons. The van der Waals surface area contributed by atoms with Gasteiger partial charge >= 0.3 is 0 Å². The zero-order valence-corrected chi connectivity index (χ0v) is 13.5. The summed E-state index contributed by atoms with van der Waals surface area (Å²) in [5.74, 6) is -0.293. The molecule has 0 aliphatic heterocycles. The van der Waals surface area contributed by atoms with Crippen molar-refractivity contribution in [3.8, 4) is 5.69 Å². The van der Waals surface area contributed by atoms with Gasteiger partial charge in [-0.3, -0.25) is 4.79 Å². The van der Waals surface area contributed by atoms with Crippen molar-refractivity contribution >= 4 is 17.5 Å². The topological polar surface area (TPSA) is 67.2 Å². The Hall–Kier alpha value is -1.85. The van der Waals surface area contributed by atoms with E-state index >= 15 is 0 Å². The van der Waals surface area contributed by atoms with E-state index in [0.717, 1.165) is 17.7 Å². The predicted octanol–water partition coefficient (Wildman–Crippen LogP) is 2.72. The zero-order chi connectivity index (χ0) is 16.1. The van der Waals surface area contributed by atoms with Gasteiger partial charge in [0.25, 0.3) is 5.91 Å². The van der Waals surface area contributed by atoms with Crippen LogP contribution in [0.15, 0.2) is 30.5 Å². The molecule has 2 rings (SSSR count). The number of aromatic nitrogens is 2. The van der Waals surface area contributed by atoms with E-state index in [-0.39, 0.29) is 12.5 Å². The fourth-order valence-corrected chi connectivity index (χ4v) is 2.40.